The summed E-state index contributed by atoms with van der Waals surface area (Å²) < 4.78 is 0. The molecular weight excluding hydrogens is 154 g/mol. The molecule has 0 saturated heterocycles. The van der Waals surface area contributed by atoms with Crippen LogP contribution in [0.25, 0.3) is 0 Å². The molecule has 0 unspecified atom stereocenters. The number of nitrogens with one attached hydrogen (secondary N) is 2. The van der Waals surface area contributed by atoms with Crippen molar-refractivity contribution >= 4 is 17.7 Å². The van der Waals surface area contributed by atoms with Gasteiger partial charge < -0.3 is 10.2 Å². The predicted molar refractivity (Wildman–Crippen MR) is 31.9 cm³/mol. The molecule has 0 spiro atoms. The Bertz CT molecular complexity index is 223. The van der Waals surface area contributed by atoms with Crippen LogP contribution in [0.1, 0.15) is 0 Å². The Kier molecular flexibility index (Phi) is 2.84. The summed E-state index contributed by atoms with van der Waals surface area (Å²) in [6.07, 6.45) is 0. The van der Waals surface area contributed by atoms with E-state index in [9.17, 15) is 9.59 Å². The second-order valence-corrected chi connectivity index (χ2v) is 1.59. The molecule has 0 aliphatic carbocycles. The highest BCUT2D eigenvalue weighted by atomic mass is 16.4. The molecule has 0 rings (SSSR count). The average Bonchev–Trinajstić information content (AvgIpc) is 1.88. The molecular formula is C4H5N3O4. The van der Waals surface area contributed by atoms with Crippen molar-refractivity contribution in [2.24, 2.45) is 5.11 Å². The lowest BCUT2D eigenvalue weighted by atomic mass is 10.2. The number of carboxylic acids is 2. The van der Waals surface area contributed by atoms with Gasteiger partial charge in [0.05, 0.1) is 0 Å². The molecule has 0 bridgehead atoms. The van der Waals surface area contributed by atoms with Crippen LogP contribution < -0.4 is 0 Å². The van der Waals surface area contributed by atoms with Gasteiger partial charge in [-0.05, 0) is 0 Å². The SMILES string of the molecule is N=N[C@@H](C(=N)C(=O)O)C(=O)O. The van der Waals surface area contributed by atoms with Gasteiger partial charge >= 0.3 is 11.9 Å². The van der Waals surface area contributed by atoms with Crippen molar-refractivity contribution in [3.63, 3.8) is 0 Å². The molecule has 0 heterocycles. The van der Waals surface area contributed by atoms with Crippen molar-refractivity contribution in [1.82, 2.24) is 0 Å². The maximum absolute atomic E-state index is 10.1. The van der Waals surface area contributed by atoms with E-state index in [2.05, 4.69) is 5.11 Å². The number of hydrogen-bond donors (Lipinski definition) is 4. The lowest BCUT2D eigenvalue weighted by Gasteiger charge is -2.00. The van der Waals surface area contributed by atoms with E-state index in [1.165, 1.54) is 0 Å². The maximum atomic E-state index is 10.1. The van der Waals surface area contributed by atoms with Crippen molar-refractivity contribution in [2.45, 2.75) is 6.04 Å². The van der Waals surface area contributed by atoms with Crippen molar-refractivity contribution in [1.29, 1.82) is 10.9 Å². The zero-order valence-electron chi connectivity index (χ0n) is 5.24. The van der Waals surface area contributed by atoms with E-state index >= 15 is 0 Å². The molecule has 0 aromatic rings. The summed E-state index contributed by atoms with van der Waals surface area (Å²) in [6, 6.07) is -1.90. The Balaban J connectivity index is 4.52. The molecule has 60 valence electrons. The van der Waals surface area contributed by atoms with Crippen LogP contribution in [0.3, 0.4) is 0 Å². The van der Waals surface area contributed by atoms with Gasteiger partial charge in [-0.1, -0.05) is 0 Å². The van der Waals surface area contributed by atoms with Gasteiger partial charge in [0.2, 0.25) is 6.04 Å². The Morgan fingerprint density at radius 1 is 1.36 bits per heavy atom. The van der Waals surface area contributed by atoms with Crippen LogP contribution in [-0.2, 0) is 9.59 Å². The highest BCUT2D eigenvalue weighted by Crippen LogP contribution is 1.93. The second kappa shape index (κ2) is 3.40. The van der Waals surface area contributed by atoms with Crippen LogP contribution >= 0.6 is 0 Å². The zero-order valence-corrected chi connectivity index (χ0v) is 5.24. The van der Waals surface area contributed by atoms with E-state index < -0.39 is 23.7 Å². The summed E-state index contributed by atoms with van der Waals surface area (Å²) >= 11 is 0. The van der Waals surface area contributed by atoms with Gasteiger partial charge in [0.25, 0.3) is 0 Å². The van der Waals surface area contributed by atoms with E-state index in [1.54, 1.807) is 0 Å². The van der Waals surface area contributed by atoms with E-state index in [-0.39, 0.29) is 0 Å². The van der Waals surface area contributed by atoms with Crippen molar-refractivity contribution < 1.29 is 19.8 Å². The smallest absolute Gasteiger partial charge is 0.352 e. The maximum Gasteiger partial charge on any atom is 0.352 e. The first kappa shape index (κ1) is 9.21. The summed E-state index contributed by atoms with van der Waals surface area (Å²) in [6.45, 7) is 0. The molecule has 7 heteroatoms. The highest BCUT2D eigenvalue weighted by Gasteiger charge is 2.26. The molecule has 0 aliphatic rings. The van der Waals surface area contributed by atoms with Crippen LogP contribution in [-0.4, -0.2) is 33.9 Å². The van der Waals surface area contributed by atoms with Crippen LogP contribution in [0.5, 0.6) is 0 Å². The second-order valence-electron chi connectivity index (χ2n) is 1.59. The molecule has 0 aromatic carbocycles. The number of rotatable bonds is 4. The summed E-state index contributed by atoms with van der Waals surface area (Å²) in [7, 11) is 0. The Hall–Kier alpha value is -1.79. The summed E-state index contributed by atoms with van der Waals surface area (Å²) in [5.74, 6) is -3.30. The molecule has 0 amide bonds. The van der Waals surface area contributed by atoms with Gasteiger partial charge in [-0.2, -0.15) is 5.11 Å². The molecule has 0 aromatic heterocycles. The highest BCUT2D eigenvalue weighted by molar-refractivity contribution is 6.40. The average molecular weight is 159 g/mol. The molecule has 11 heavy (non-hydrogen) atoms. The molecule has 0 saturated carbocycles. The summed E-state index contributed by atoms with van der Waals surface area (Å²) in [4.78, 5) is 20.0. The normalized spacial score (nSPS) is 11.6. The van der Waals surface area contributed by atoms with Gasteiger partial charge in [-0.25, -0.2) is 15.1 Å². The predicted octanol–water partition coefficient (Wildman–Crippen LogP) is -0.425. The van der Waals surface area contributed by atoms with Crippen molar-refractivity contribution in [3.8, 4) is 0 Å². The molecule has 1 atom stereocenters. The molecule has 0 aliphatic heterocycles. The number of carboxylic acid groups (broad SMARTS) is 2. The topological polar surface area (TPSA) is 135 Å². The zero-order chi connectivity index (χ0) is 9.02. The Morgan fingerprint density at radius 3 is 1.91 bits per heavy atom. The number of aliphatic carboxylic acids is 2. The fourth-order valence-corrected chi connectivity index (χ4v) is 0.360. The summed E-state index contributed by atoms with van der Waals surface area (Å²) in [5, 5.41) is 25.4. The third kappa shape index (κ3) is 2.12. The molecule has 4 N–H and O–H groups in total. The van der Waals surface area contributed by atoms with Crippen LogP contribution in [0.15, 0.2) is 5.11 Å². The van der Waals surface area contributed by atoms with Gasteiger partial charge in [-0.3, -0.25) is 5.41 Å². The van der Waals surface area contributed by atoms with Crippen LogP contribution in [0.2, 0.25) is 0 Å². The van der Waals surface area contributed by atoms with Gasteiger partial charge in [0.15, 0.2) is 5.71 Å². The lowest BCUT2D eigenvalue weighted by Crippen LogP contribution is -2.32. The third-order valence-electron chi connectivity index (χ3n) is 0.867. The molecule has 0 fully saturated rings. The van der Waals surface area contributed by atoms with Gasteiger partial charge in [0, 0.05) is 0 Å². The minimum atomic E-state index is -1.90. The molecule has 7 nitrogen and oxygen atoms in total. The van der Waals surface area contributed by atoms with Gasteiger partial charge in [-0.15, -0.1) is 0 Å². The van der Waals surface area contributed by atoms with Crippen LogP contribution in [0.4, 0.5) is 0 Å². The number of nitrogens with zero attached hydrogens (tertiary/aromatic N) is 1. The molecule has 0 radical (unpaired) electrons. The van der Waals surface area contributed by atoms with E-state index in [0.29, 0.717) is 0 Å². The first-order chi connectivity index (χ1) is 5.00. The van der Waals surface area contributed by atoms with Crippen LogP contribution in [0, 0.1) is 10.9 Å². The standard InChI is InChI=1S/C4H5N3O4/c5-1(3(8)9)2(7-6)4(10)11/h2,5-6H,(H,8,9)(H,10,11)/t2-/m0/s1. The number of carbonyl (C=O) groups is 2. The summed E-state index contributed by atoms with van der Waals surface area (Å²) in [5.41, 5.74) is 5.14. The first-order valence-electron chi connectivity index (χ1n) is 2.41. The minimum absolute atomic E-state index is 1.12. The number of hydrogen-bond acceptors (Lipinski definition) is 5. The van der Waals surface area contributed by atoms with E-state index in [4.69, 9.17) is 21.2 Å². The van der Waals surface area contributed by atoms with E-state index in [0.717, 1.165) is 0 Å². The third-order valence-corrected chi connectivity index (χ3v) is 0.867. The minimum Gasteiger partial charge on any atom is -0.479 e. The van der Waals surface area contributed by atoms with Crippen molar-refractivity contribution in [2.75, 3.05) is 0 Å². The first-order valence-corrected chi connectivity index (χ1v) is 2.41. The lowest BCUT2D eigenvalue weighted by molar-refractivity contribution is -0.138. The Morgan fingerprint density at radius 2 is 1.82 bits per heavy atom. The van der Waals surface area contributed by atoms with E-state index in [1.807, 2.05) is 0 Å². The Labute approximate surface area is 60.7 Å². The van der Waals surface area contributed by atoms with Gasteiger partial charge in [0.1, 0.15) is 0 Å². The largest absolute Gasteiger partial charge is 0.479 e. The monoisotopic (exact) mass is 159 g/mol. The quantitative estimate of drug-likeness (QED) is 0.327. The fraction of sp³-hybridized carbons (Fsp3) is 0.250. The van der Waals surface area contributed by atoms with Crippen molar-refractivity contribution in [3.05, 3.63) is 0 Å². The fourth-order valence-electron chi connectivity index (χ4n) is 0.360.